The second-order valence-corrected chi connectivity index (χ2v) is 6.36. The van der Waals surface area contributed by atoms with Gasteiger partial charge in [0.15, 0.2) is 0 Å². The smallest absolute Gasteiger partial charge is 0.387 e. The molecule has 5 heteroatoms. The molecule has 0 saturated carbocycles. The molecule has 0 aliphatic carbocycles. The molecule has 1 saturated heterocycles. The highest BCUT2D eigenvalue weighted by atomic mass is 32.2. The molecule has 1 aliphatic heterocycles. The maximum absolute atomic E-state index is 12.1. The van der Waals surface area contributed by atoms with Gasteiger partial charge in [-0.15, -0.1) is 0 Å². The van der Waals surface area contributed by atoms with Crippen molar-refractivity contribution in [1.82, 2.24) is 5.32 Å². The molecule has 1 fully saturated rings. The quantitative estimate of drug-likeness (QED) is 0.855. The van der Waals surface area contributed by atoms with Crippen molar-refractivity contribution in [1.29, 1.82) is 0 Å². The Morgan fingerprint density at radius 3 is 2.50 bits per heavy atom. The van der Waals surface area contributed by atoms with Gasteiger partial charge >= 0.3 is 6.61 Å². The minimum absolute atomic E-state index is 0.209. The second-order valence-electron chi connectivity index (χ2n) is 5.13. The fourth-order valence-electron chi connectivity index (χ4n) is 2.35. The molecule has 0 aromatic heterocycles. The van der Waals surface area contributed by atoms with Gasteiger partial charge in [0, 0.05) is 6.04 Å². The van der Waals surface area contributed by atoms with Crippen LogP contribution in [0.4, 0.5) is 8.78 Å². The van der Waals surface area contributed by atoms with Crippen LogP contribution in [0.5, 0.6) is 5.75 Å². The number of hydrogen-bond acceptors (Lipinski definition) is 3. The van der Waals surface area contributed by atoms with E-state index in [0.717, 1.165) is 18.0 Å². The molecule has 1 unspecified atom stereocenters. The minimum atomic E-state index is -2.76. The van der Waals surface area contributed by atoms with Gasteiger partial charge in [0.1, 0.15) is 5.75 Å². The summed E-state index contributed by atoms with van der Waals surface area (Å²) in [4.78, 5) is 0. The van der Waals surface area contributed by atoms with E-state index in [-0.39, 0.29) is 11.8 Å². The van der Waals surface area contributed by atoms with Crippen LogP contribution in [-0.4, -0.2) is 24.7 Å². The summed E-state index contributed by atoms with van der Waals surface area (Å²) in [6, 6.07) is 7.09. The van der Waals surface area contributed by atoms with Crippen molar-refractivity contribution < 1.29 is 13.5 Å². The molecule has 1 aliphatic rings. The monoisotopic (exact) mass is 301 g/mol. The van der Waals surface area contributed by atoms with Crippen LogP contribution in [0, 0.1) is 5.92 Å². The topological polar surface area (TPSA) is 21.3 Å². The molecule has 1 atom stereocenters. The maximum atomic E-state index is 12.1. The lowest BCUT2D eigenvalue weighted by Crippen LogP contribution is -2.27. The van der Waals surface area contributed by atoms with Gasteiger partial charge < -0.3 is 10.1 Å². The standard InChI is InChI=1S/C15H21F2NOS/c1-11(18-10-12-6-8-20-9-7-12)13-2-4-14(5-3-13)19-15(16)17/h2-5,11-12,15,18H,6-10H2,1H3. The molecule has 1 heterocycles. The Morgan fingerprint density at radius 1 is 1.25 bits per heavy atom. The predicted octanol–water partition coefficient (Wildman–Crippen LogP) is 4.08. The molecule has 112 valence electrons. The van der Waals surface area contributed by atoms with Crippen LogP contribution in [0.1, 0.15) is 31.4 Å². The highest BCUT2D eigenvalue weighted by Crippen LogP contribution is 2.23. The van der Waals surface area contributed by atoms with Crippen LogP contribution in [0.25, 0.3) is 0 Å². The third-order valence-corrected chi connectivity index (χ3v) is 4.71. The number of hydrogen-bond donors (Lipinski definition) is 1. The van der Waals surface area contributed by atoms with Crippen LogP contribution in [0.2, 0.25) is 0 Å². The summed E-state index contributed by atoms with van der Waals surface area (Å²) in [6.07, 6.45) is 2.57. The molecule has 20 heavy (non-hydrogen) atoms. The maximum Gasteiger partial charge on any atom is 0.387 e. The van der Waals surface area contributed by atoms with Gasteiger partial charge in [0.05, 0.1) is 0 Å². The van der Waals surface area contributed by atoms with E-state index in [0.29, 0.717) is 0 Å². The molecule has 1 N–H and O–H groups in total. The molecule has 0 bridgehead atoms. The first-order valence-corrected chi connectivity index (χ1v) is 8.16. The molecular weight excluding hydrogens is 280 g/mol. The first-order valence-electron chi connectivity index (χ1n) is 7.01. The van der Waals surface area contributed by atoms with Crippen molar-refractivity contribution in [3.05, 3.63) is 29.8 Å². The number of thioether (sulfide) groups is 1. The lowest BCUT2D eigenvalue weighted by molar-refractivity contribution is -0.0498. The summed E-state index contributed by atoms with van der Waals surface area (Å²) in [5, 5.41) is 3.53. The van der Waals surface area contributed by atoms with Crippen LogP contribution >= 0.6 is 11.8 Å². The summed E-state index contributed by atoms with van der Waals surface area (Å²) >= 11 is 2.03. The van der Waals surface area contributed by atoms with Crippen molar-refractivity contribution in [3.63, 3.8) is 0 Å². The highest BCUT2D eigenvalue weighted by molar-refractivity contribution is 7.99. The first kappa shape index (κ1) is 15.6. The second kappa shape index (κ2) is 7.84. The molecule has 0 amide bonds. The Hall–Kier alpha value is -0.810. The van der Waals surface area contributed by atoms with Crippen molar-refractivity contribution in [3.8, 4) is 5.75 Å². The molecule has 1 aromatic rings. The van der Waals surface area contributed by atoms with Crippen LogP contribution in [-0.2, 0) is 0 Å². The molecular formula is C15H21F2NOS. The zero-order chi connectivity index (χ0) is 14.4. The van der Waals surface area contributed by atoms with E-state index >= 15 is 0 Å². The summed E-state index contributed by atoms with van der Waals surface area (Å²) in [5.41, 5.74) is 1.09. The van der Waals surface area contributed by atoms with E-state index in [1.165, 1.54) is 24.3 Å². The Kier molecular flexibility index (Phi) is 6.10. The number of halogens is 2. The largest absolute Gasteiger partial charge is 0.435 e. The van der Waals surface area contributed by atoms with Gasteiger partial charge in [-0.1, -0.05) is 12.1 Å². The summed E-state index contributed by atoms with van der Waals surface area (Å²) < 4.78 is 28.5. The Labute approximate surface area is 123 Å². The molecule has 0 spiro atoms. The number of nitrogens with one attached hydrogen (secondary N) is 1. The molecule has 1 aromatic carbocycles. The average Bonchev–Trinajstić information content (AvgIpc) is 2.46. The lowest BCUT2D eigenvalue weighted by Gasteiger charge is -2.24. The van der Waals surface area contributed by atoms with Gasteiger partial charge in [0.25, 0.3) is 0 Å². The summed E-state index contributed by atoms with van der Waals surface area (Å²) in [6.45, 7) is 0.359. The zero-order valence-electron chi connectivity index (χ0n) is 11.6. The van der Waals surface area contributed by atoms with E-state index in [9.17, 15) is 8.78 Å². The molecule has 2 rings (SSSR count). The SMILES string of the molecule is CC(NCC1CCSCC1)c1ccc(OC(F)F)cc1. The third kappa shape index (κ3) is 4.94. The van der Waals surface area contributed by atoms with Gasteiger partial charge in [-0.3, -0.25) is 0 Å². The van der Waals surface area contributed by atoms with Crippen LogP contribution in [0.15, 0.2) is 24.3 Å². The number of benzene rings is 1. The predicted molar refractivity (Wildman–Crippen MR) is 79.5 cm³/mol. The van der Waals surface area contributed by atoms with Crippen molar-refractivity contribution in [2.45, 2.75) is 32.4 Å². The van der Waals surface area contributed by atoms with Crippen molar-refractivity contribution >= 4 is 11.8 Å². The van der Waals surface area contributed by atoms with Gasteiger partial charge in [-0.05, 0) is 61.4 Å². The minimum Gasteiger partial charge on any atom is -0.435 e. The fourth-order valence-corrected chi connectivity index (χ4v) is 3.55. The van der Waals surface area contributed by atoms with E-state index in [2.05, 4.69) is 17.0 Å². The van der Waals surface area contributed by atoms with Crippen LogP contribution in [0.3, 0.4) is 0 Å². The van der Waals surface area contributed by atoms with Crippen molar-refractivity contribution in [2.75, 3.05) is 18.1 Å². The lowest BCUT2D eigenvalue weighted by atomic mass is 10.0. The number of alkyl halides is 2. The summed E-state index contributed by atoms with van der Waals surface area (Å²) in [5.74, 6) is 3.50. The summed E-state index contributed by atoms with van der Waals surface area (Å²) in [7, 11) is 0. The van der Waals surface area contributed by atoms with E-state index in [1.807, 2.05) is 23.9 Å². The Bertz CT molecular complexity index is 393. The van der Waals surface area contributed by atoms with E-state index in [1.54, 1.807) is 12.1 Å². The highest BCUT2D eigenvalue weighted by Gasteiger charge is 2.15. The van der Waals surface area contributed by atoms with E-state index < -0.39 is 6.61 Å². The third-order valence-electron chi connectivity index (χ3n) is 3.66. The van der Waals surface area contributed by atoms with E-state index in [4.69, 9.17) is 0 Å². The van der Waals surface area contributed by atoms with Gasteiger partial charge in [0.2, 0.25) is 0 Å². The number of ether oxygens (including phenoxy) is 1. The fraction of sp³-hybridized carbons (Fsp3) is 0.600. The van der Waals surface area contributed by atoms with Crippen LogP contribution < -0.4 is 10.1 Å². The number of rotatable bonds is 6. The normalized spacial score (nSPS) is 18.2. The van der Waals surface area contributed by atoms with Gasteiger partial charge in [-0.2, -0.15) is 20.5 Å². The molecule has 2 nitrogen and oxygen atoms in total. The van der Waals surface area contributed by atoms with Gasteiger partial charge in [-0.25, -0.2) is 0 Å². The Balaban J connectivity index is 1.80. The first-order chi connectivity index (χ1) is 9.65. The average molecular weight is 301 g/mol. The Morgan fingerprint density at radius 2 is 1.90 bits per heavy atom. The zero-order valence-corrected chi connectivity index (χ0v) is 12.5. The van der Waals surface area contributed by atoms with Crippen molar-refractivity contribution in [2.24, 2.45) is 5.92 Å². The molecule has 0 radical (unpaired) electrons.